The first-order chi connectivity index (χ1) is 14.2. The molecule has 0 bridgehead atoms. The van der Waals surface area contributed by atoms with E-state index in [1.807, 2.05) is 13.0 Å². The zero-order valence-corrected chi connectivity index (χ0v) is 17.3. The number of hydrogen-bond acceptors (Lipinski definition) is 5. The number of aromatic nitrogens is 2. The molecule has 1 N–H and O–H groups in total. The molecule has 1 aromatic heterocycles. The normalized spacial score (nSPS) is 14.8. The first-order valence-corrected chi connectivity index (χ1v) is 10.3. The predicted octanol–water partition coefficient (Wildman–Crippen LogP) is 4.03. The Kier molecular flexibility index (Phi) is 6.06. The average Bonchev–Trinajstić information content (AvgIpc) is 2.73. The van der Waals surface area contributed by atoms with Crippen molar-refractivity contribution in [2.45, 2.75) is 26.9 Å². The summed E-state index contributed by atoms with van der Waals surface area (Å²) in [6.45, 7) is 9.88. The monoisotopic (exact) mass is 387 g/mol. The number of piperazine rings is 1. The van der Waals surface area contributed by atoms with E-state index in [9.17, 15) is 0 Å². The van der Waals surface area contributed by atoms with Crippen LogP contribution in [0.2, 0.25) is 0 Å². The lowest BCUT2D eigenvalue weighted by Gasteiger charge is -2.35. The van der Waals surface area contributed by atoms with Crippen LogP contribution in [0.1, 0.15) is 22.4 Å². The highest BCUT2D eigenvalue weighted by Crippen LogP contribution is 2.17. The molecule has 5 nitrogen and oxygen atoms in total. The molecular formula is C24H29N5. The minimum absolute atomic E-state index is 0.766. The van der Waals surface area contributed by atoms with Gasteiger partial charge in [-0.1, -0.05) is 60.2 Å². The minimum atomic E-state index is 0.766. The van der Waals surface area contributed by atoms with Crippen molar-refractivity contribution in [2.75, 3.05) is 36.4 Å². The number of nitrogens with one attached hydrogen (secondary N) is 1. The molecule has 0 spiro atoms. The van der Waals surface area contributed by atoms with Crippen molar-refractivity contribution in [2.24, 2.45) is 0 Å². The summed E-state index contributed by atoms with van der Waals surface area (Å²) in [6.07, 6.45) is 0. The number of hydrogen-bond donors (Lipinski definition) is 1. The number of rotatable bonds is 6. The molecule has 1 fully saturated rings. The van der Waals surface area contributed by atoms with Crippen molar-refractivity contribution in [3.05, 3.63) is 83.0 Å². The smallest absolute Gasteiger partial charge is 0.227 e. The van der Waals surface area contributed by atoms with Crippen LogP contribution in [-0.2, 0) is 13.1 Å². The van der Waals surface area contributed by atoms with E-state index in [0.717, 1.165) is 56.7 Å². The standard InChI is InChI=1S/C24H29N5/c1-19-7-6-10-22(15-19)17-25-23-16-20(2)26-24(27-23)29-13-11-28(12-14-29)18-21-8-4-3-5-9-21/h3-10,15-16H,11-14,17-18H2,1-2H3,(H,25,26,27). The molecule has 4 rings (SSSR count). The van der Waals surface area contributed by atoms with Crippen molar-refractivity contribution in [1.29, 1.82) is 0 Å². The highest BCUT2D eigenvalue weighted by atomic mass is 15.3. The van der Waals surface area contributed by atoms with Gasteiger partial charge in [0.25, 0.3) is 0 Å². The molecule has 1 aliphatic heterocycles. The Balaban J connectivity index is 1.36. The molecule has 0 unspecified atom stereocenters. The molecule has 3 aromatic rings. The van der Waals surface area contributed by atoms with Crippen LogP contribution in [0.25, 0.3) is 0 Å². The number of benzene rings is 2. The van der Waals surface area contributed by atoms with E-state index in [-0.39, 0.29) is 0 Å². The molecule has 5 heteroatoms. The second kappa shape index (κ2) is 9.05. The van der Waals surface area contributed by atoms with Crippen LogP contribution in [0, 0.1) is 13.8 Å². The Morgan fingerprint density at radius 2 is 1.59 bits per heavy atom. The Labute approximate surface area is 173 Å². The van der Waals surface area contributed by atoms with E-state index in [1.165, 1.54) is 16.7 Å². The molecule has 0 radical (unpaired) electrons. The van der Waals surface area contributed by atoms with Crippen molar-refractivity contribution in [3.8, 4) is 0 Å². The topological polar surface area (TPSA) is 44.3 Å². The fraction of sp³-hybridized carbons (Fsp3) is 0.333. The van der Waals surface area contributed by atoms with Gasteiger partial charge in [0.15, 0.2) is 0 Å². The summed E-state index contributed by atoms with van der Waals surface area (Å²) in [5, 5.41) is 3.46. The molecule has 2 heterocycles. The zero-order valence-electron chi connectivity index (χ0n) is 17.3. The number of aryl methyl sites for hydroxylation is 2. The highest BCUT2D eigenvalue weighted by Gasteiger charge is 2.19. The molecule has 1 aliphatic rings. The lowest BCUT2D eigenvalue weighted by atomic mass is 10.1. The largest absolute Gasteiger partial charge is 0.366 e. The SMILES string of the molecule is Cc1cccc(CNc2cc(C)nc(N3CCN(Cc4ccccc4)CC3)n2)c1. The van der Waals surface area contributed by atoms with Gasteiger partial charge < -0.3 is 10.2 Å². The van der Waals surface area contributed by atoms with Crippen molar-refractivity contribution in [3.63, 3.8) is 0 Å². The number of nitrogens with zero attached hydrogens (tertiary/aromatic N) is 4. The van der Waals surface area contributed by atoms with Crippen LogP contribution in [-0.4, -0.2) is 41.0 Å². The summed E-state index contributed by atoms with van der Waals surface area (Å²) in [5.74, 6) is 1.72. The summed E-state index contributed by atoms with van der Waals surface area (Å²) in [4.78, 5) is 14.3. The van der Waals surface area contributed by atoms with Gasteiger partial charge in [-0.15, -0.1) is 0 Å². The molecule has 150 valence electrons. The third-order valence-electron chi connectivity index (χ3n) is 5.30. The Morgan fingerprint density at radius 3 is 2.34 bits per heavy atom. The highest BCUT2D eigenvalue weighted by molar-refractivity contribution is 5.44. The number of anilines is 2. The Morgan fingerprint density at radius 1 is 0.828 bits per heavy atom. The van der Waals surface area contributed by atoms with Crippen LogP contribution >= 0.6 is 0 Å². The van der Waals surface area contributed by atoms with E-state index < -0.39 is 0 Å². The summed E-state index contributed by atoms with van der Waals surface area (Å²) in [7, 11) is 0. The summed E-state index contributed by atoms with van der Waals surface area (Å²) in [5.41, 5.74) is 4.90. The maximum atomic E-state index is 4.79. The van der Waals surface area contributed by atoms with Gasteiger partial charge >= 0.3 is 0 Å². The van der Waals surface area contributed by atoms with Gasteiger partial charge in [-0.25, -0.2) is 4.98 Å². The van der Waals surface area contributed by atoms with E-state index >= 15 is 0 Å². The molecule has 1 saturated heterocycles. The summed E-state index contributed by atoms with van der Waals surface area (Å²) < 4.78 is 0. The van der Waals surface area contributed by atoms with Gasteiger partial charge in [0.2, 0.25) is 5.95 Å². The third kappa shape index (κ3) is 5.33. The van der Waals surface area contributed by atoms with Crippen molar-refractivity contribution >= 4 is 11.8 Å². The van der Waals surface area contributed by atoms with Crippen LogP contribution in [0.3, 0.4) is 0 Å². The fourth-order valence-corrected chi connectivity index (χ4v) is 3.75. The van der Waals surface area contributed by atoms with Crippen LogP contribution in [0.15, 0.2) is 60.7 Å². The second-order valence-electron chi connectivity index (χ2n) is 7.79. The summed E-state index contributed by atoms with van der Waals surface area (Å²) in [6, 6.07) is 21.3. The van der Waals surface area contributed by atoms with Crippen molar-refractivity contribution in [1.82, 2.24) is 14.9 Å². The lowest BCUT2D eigenvalue weighted by molar-refractivity contribution is 0.248. The van der Waals surface area contributed by atoms with Crippen LogP contribution in [0.4, 0.5) is 11.8 Å². The molecular weight excluding hydrogens is 358 g/mol. The van der Waals surface area contributed by atoms with E-state index in [0.29, 0.717) is 0 Å². The minimum Gasteiger partial charge on any atom is -0.366 e. The molecule has 0 amide bonds. The molecule has 29 heavy (non-hydrogen) atoms. The Bertz CT molecular complexity index is 933. The van der Waals surface area contributed by atoms with Gasteiger partial charge in [-0.3, -0.25) is 4.90 Å². The van der Waals surface area contributed by atoms with E-state index in [4.69, 9.17) is 9.97 Å². The average molecular weight is 388 g/mol. The summed E-state index contributed by atoms with van der Waals surface area (Å²) >= 11 is 0. The fourth-order valence-electron chi connectivity index (χ4n) is 3.75. The molecule has 0 atom stereocenters. The van der Waals surface area contributed by atoms with Gasteiger partial charge in [0.05, 0.1) is 0 Å². The van der Waals surface area contributed by atoms with Crippen LogP contribution in [0.5, 0.6) is 0 Å². The molecule has 0 saturated carbocycles. The lowest BCUT2D eigenvalue weighted by Crippen LogP contribution is -2.46. The van der Waals surface area contributed by atoms with Crippen LogP contribution < -0.4 is 10.2 Å². The van der Waals surface area contributed by atoms with Gasteiger partial charge in [0.1, 0.15) is 5.82 Å². The first-order valence-electron chi connectivity index (χ1n) is 10.3. The zero-order chi connectivity index (χ0) is 20.1. The Hall–Kier alpha value is -2.92. The molecule has 0 aliphatic carbocycles. The third-order valence-corrected chi connectivity index (χ3v) is 5.30. The van der Waals surface area contributed by atoms with Crippen molar-refractivity contribution < 1.29 is 0 Å². The second-order valence-corrected chi connectivity index (χ2v) is 7.79. The van der Waals surface area contributed by atoms with Gasteiger partial charge in [-0.2, -0.15) is 4.98 Å². The van der Waals surface area contributed by atoms with Gasteiger partial charge in [-0.05, 0) is 25.0 Å². The van der Waals surface area contributed by atoms with E-state index in [1.54, 1.807) is 0 Å². The quantitative estimate of drug-likeness (QED) is 0.692. The van der Waals surface area contributed by atoms with Gasteiger partial charge in [0, 0.05) is 51.0 Å². The maximum absolute atomic E-state index is 4.79. The predicted molar refractivity (Wildman–Crippen MR) is 119 cm³/mol. The maximum Gasteiger partial charge on any atom is 0.227 e. The first kappa shape index (κ1) is 19.4. The van der Waals surface area contributed by atoms with E-state index in [2.05, 4.69) is 76.6 Å². The molecule has 2 aromatic carbocycles.